The Morgan fingerprint density at radius 3 is 1.59 bits per heavy atom. The number of rotatable bonds is 3. The lowest BCUT2D eigenvalue weighted by molar-refractivity contribution is -0.143. The van der Waals surface area contributed by atoms with Crippen molar-refractivity contribution in [2.75, 3.05) is 6.61 Å². The van der Waals surface area contributed by atoms with Crippen molar-refractivity contribution in [3.63, 3.8) is 0 Å². The van der Waals surface area contributed by atoms with E-state index in [1.54, 1.807) is 0 Å². The molecule has 9 heteroatoms. The molecule has 0 unspecified atom stereocenters. The van der Waals surface area contributed by atoms with Gasteiger partial charge in [0, 0.05) is 18.1 Å². The fourth-order valence-electron chi connectivity index (χ4n) is 1.71. The molecule has 0 spiro atoms. The van der Waals surface area contributed by atoms with E-state index in [1.807, 2.05) is 0 Å². The number of halogens is 7. The van der Waals surface area contributed by atoms with Gasteiger partial charge in [0.25, 0.3) is 0 Å². The molecule has 0 aromatic heterocycles. The molecule has 0 aliphatic rings. The van der Waals surface area contributed by atoms with Crippen LogP contribution in [-0.4, -0.2) is 11.7 Å². The van der Waals surface area contributed by atoms with Crippen molar-refractivity contribution in [3.05, 3.63) is 34.9 Å². The van der Waals surface area contributed by atoms with Crippen LogP contribution in [0.15, 0.2) is 18.2 Å². The number of benzene rings is 1. The number of aliphatic hydroxyl groups excluding tert-OH is 1. The van der Waals surface area contributed by atoms with Crippen molar-refractivity contribution in [1.82, 2.24) is 0 Å². The van der Waals surface area contributed by atoms with Crippen molar-refractivity contribution in [2.45, 2.75) is 32.2 Å². The third kappa shape index (κ3) is 4.76. The standard InChI is InChI=1S/C13H15F6NO.ClH/c1-11(2,6-21)10(20)7-3-8(12(14,15)16)5-9(4-7)13(17,18)19;/h3-5,10,21H,6,20H2,1-2H3;1H/t10-;/m1./s1. The quantitative estimate of drug-likeness (QED) is 0.803. The molecule has 0 saturated heterocycles. The smallest absolute Gasteiger partial charge is 0.396 e. The topological polar surface area (TPSA) is 46.2 Å². The van der Waals surface area contributed by atoms with Crippen LogP contribution in [-0.2, 0) is 12.4 Å². The van der Waals surface area contributed by atoms with Gasteiger partial charge in [-0.1, -0.05) is 13.8 Å². The first-order valence-corrected chi connectivity index (χ1v) is 5.95. The molecule has 0 fully saturated rings. The molecule has 0 aliphatic carbocycles. The third-order valence-electron chi connectivity index (χ3n) is 3.22. The summed E-state index contributed by atoms with van der Waals surface area (Å²) in [5.41, 5.74) is 1.49. The molecule has 128 valence electrons. The highest BCUT2D eigenvalue weighted by Gasteiger charge is 2.38. The van der Waals surface area contributed by atoms with Crippen LogP contribution in [0.4, 0.5) is 26.3 Å². The van der Waals surface area contributed by atoms with Crippen LogP contribution in [0.25, 0.3) is 0 Å². The van der Waals surface area contributed by atoms with Crippen molar-refractivity contribution < 1.29 is 31.4 Å². The lowest BCUT2D eigenvalue weighted by Gasteiger charge is -2.30. The molecular formula is C13H16ClF6NO. The van der Waals surface area contributed by atoms with E-state index in [4.69, 9.17) is 10.8 Å². The summed E-state index contributed by atoms with van der Waals surface area (Å²) in [6.45, 7) is 2.42. The summed E-state index contributed by atoms with van der Waals surface area (Å²) in [6, 6.07) is 0.0301. The Kier molecular flexibility index (Phi) is 6.34. The summed E-state index contributed by atoms with van der Waals surface area (Å²) in [6.07, 6.45) is -9.84. The number of aliphatic hydroxyl groups is 1. The second-order valence-electron chi connectivity index (χ2n) is 5.46. The van der Waals surface area contributed by atoms with Crippen LogP contribution in [0.1, 0.15) is 36.6 Å². The lowest BCUT2D eigenvalue weighted by atomic mass is 9.81. The van der Waals surface area contributed by atoms with Crippen LogP contribution in [0, 0.1) is 5.41 Å². The van der Waals surface area contributed by atoms with Crippen LogP contribution >= 0.6 is 12.4 Å². The Hall–Kier alpha value is -0.990. The van der Waals surface area contributed by atoms with E-state index < -0.39 is 41.5 Å². The van der Waals surface area contributed by atoms with Gasteiger partial charge in [-0.2, -0.15) is 26.3 Å². The lowest BCUT2D eigenvalue weighted by Crippen LogP contribution is -2.33. The Labute approximate surface area is 129 Å². The zero-order chi connectivity index (χ0) is 16.6. The molecule has 0 bridgehead atoms. The molecule has 1 rings (SSSR count). The van der Waals surface area contributed by atoms with Gasteiger partial charge in [-0.05, 0) is 23.8 Å². The average Bonchev–Trinajstić information content (AvgIpc) is 2.35. The van der Waals surface area contributed by atoms with Crippen molar-refractivity contribution >= 4 is 12.4 Å². The van der Waals surface area contributed by atoms with E-state index in [-0.39, 0.29) is 24.0 Å². The third-order valence-corrected chi connectivity index (χ3v) is 3.22. The minimum Gasteiger partial charge on any atom is -0.396 e. The van der Waals surface area contributed by atoms with E-state index in [2.05, 4.69) is 0 Å². The average molecular weight is 352 g/mol. The summed E-state index contributed by atoms with van der Waals surface area (Å²) in [5, 5.41) is 9.16. The van der Waals surface area contributed by atoms with Crippen LogP contribution in [0.3, 0.4) is 0 Å². The summed E-state index contributed by atoms with van der Waals surface area (Å²) in [5.74, 6) is 0. The zero-order valence-electron chi connectivity index (χ0n) is 11.7. The Bertz CT molecular complexity index is 480. The second kappa shape index (κ2) is 6.64. The minimum atomic E-state index is -4.92. The fourth-order valence-corrected chi connectivity index (χ4v) is 1.71. The Balaban J connectivity index is 0.00000441. The van der Waals surface area contributed by atoms with Gasteiger partial charge in [-0.25, -0.2) is 0 Å². The van der Waals surface area contributed by atoms with E-state index in [0.29, 0.717) is 12.1 Å². The van der Waals surface area contributed by atoms with Gasteiger partial charge in [-0.15, -0.1) is 12.4 Å². The molecule has 2 nitrogen and oxygen atoms in total. The van der Waals surface area contributed by atoms with Crippen molar-refractivity contribution in [3.8, 4) is 0 Å². The van der Waals surface area contributed by atoms with Crippen molar-refractivity contribution in [2.24, 2.45) is 11.1 Å². The largest absolute Gasteiger partial charge is 0.416 e. The number of nitrogens with two attached hydrogens (primary N) is 1. The van der Waals surface area contributed by atoms with Gasteiger partial charge < -0.3 is 10.8 Å². The van der Waals surface area contributed by atoms with Crippen LogP contribution in [0.5, 0.6) is 0 Å². The molecule has 22 heavy (non-hydrogen) atoms. The summed E-state index contributed by atoms with van der Waals surface area (Å²) in [4.78, 5) is 0. The molecule has 1 atom stereocenters. The highest BCUT2D eigenvalue weighted by atomic mass is 35.5. The maximum absolute atomic E-state index is 12.7. The Morgan fingerprint density at radius 2 is 1.32 bits per heavy atom. The predicted molar refractivity (Wildman–Crippen MR) is 71.5 cm³/mol. The van der Waals surface area contributed by atoms with Gasteiger partial charge in [0.2, 0.25) is 0 Å². The predicted octanol–water partition coefficient (Wildman–Crippen LogP) is 4.16. The molecule has 0 heterocycles. The summed E-state index contributed by atoms with van der Waals surface area (Å²) in [7, 11) is 0. The van der Waals surface area contributed by atoms with Crippen molar-refractivity contribution in [1.29, 1.82) is 0 Å². The molecule has 0 radical (unpaired) electrons. The number of hydrogen-bond acceptors (Lipinski definition) is 2. The first-order chi connectivity index (χ1) is 9.29. The molecule has 1 aromatic rings. The summed E-state index contributed by atoms with van der Waals surface area (Å²) < 4.78 is 76.3. The molecule has 0 amide bonds. The minimum absolute atomic E-state index is 0. The first-order valence-electron chi connectivity index (χ1n) is 5.95. The highest BCUT2D eigenvalue weighted by Crippen LogP contribution is 2.39. The highest BCUT2D eigenvalue weighted by molar-refractivity contribution is 5.85. The fraction of sp³-hybridized carbons (Fsp3) is 0.538. The monoisotopic (exact) mass is 351 g/mol. The van der Waals surface area contributed by atoms with Gasteiger partial charge in [0.1, 0.15) is 0 Å². The second-order valence-corrected chi connectivity index (χ2v) is 5.46. The zero-order valence-corrected chi connectivity index (χ0v) is 12.5. The molecule has 1 aromatic carbocycles. The van der Waals surface area contributed by atoms with E-state index in [9.17, 15) is 26.3 Å². The summed E-state index contributed by atoms with van der Waals surface area (Å²) >= 11 is 0. The van der Waals surface area contributed by atoms with Gasteiger partial charge in [0.05, 0.1) is 11.1 Å². The SMILES string of the molecule is CC(C)(CO)[C@H](N)c1cc(C(F)(F)F)cc(C(F)(F)F)c1.Cl. The number of hydrogen-bond donors (Lipinski definition) is 2. The first kappa shape index (κ1) is 21.0. The van der Waals surface area contributed by atoms with Crippen LogP contribution in [0.2, 0.25) is 0 Å². The maximum Gasteiger partial charge on any atom is 0.416 e. The van der Waals surface area contributed by atoms with Gasteiger partial charge in [0.15, 0.2) is 0 Å². The maximum atomic E-state index is 12.7. The van der Waals surface area contributed by atoms with E-state index in [0.717, 1.165) is 0 Å². The number of alkyl halides is 6. The Morgan fingerprint density at radius 1 is 0.955 bits per heavy atom. The van der Waals surface area contributed by atoms with E-state index >= 15 is 0 Å². The molecule has 0 aliphatic heterocycles. The molecule has 3 N–H and O–H groups in total. The van der Waals surface area contributed by atoms with Crippen LogP contribution < -0.4 is 5.73 Å². The van der Waals surface area contributed by atoms with Gasteiger partial charge >= 0.3 is 12.4 Å². The molecule has 0 saturated carbocycles. The normalized spacial score (nSPS) is 14.5. The molecular weight excluding hydrogens is 336 g/mol. The van der Waals surface area contributed by atoms with E-state index in [1.165, 1.54) is 13.8 Å². The van der Waals surface area contributed by atoms with Gasteiger partial charge in [-0.3, -0.25) is 0 Å².